The first-order chi connectivity index (χ1) is 23.7. The number of nitrogens with one attached hydrogen (secondary N) is 3. The third-order valence-corrected chi connectivity index (χ3v) is 8.48. The van der Waals surface area contributed by atoms with Crippen LogP contribution >= 0.6 is 0 Å². The minimum Gasteiger partial charge on any atom is -0.463 e. The van der Waals surface area contributed by atoms with Crippen LogP contribution in [0.3, 0.4) is 0 Å². The van der Waals surface area contributed by atoms with Crippen LogP contribution in [0, 0.1) is 22.7 Å². The van der Waals surface area contributed by atoms with Crippen LogP contribution in [0.15, 0.2) is 24.3 Å². The number of carbonyl (C=O) groups excluding carboxylic acids is 6. The molecule has 51 heavy (non-hydrogen) atoms. The monoisotopic (exact) mass is 719 g/mol. The number of nitrogens with zero attached hydrogens (tertiary/aromatic N) is 1. The van der Waals surface area contributed by atoms with E-state index in [1.165, 1.54) is 4.90 Å². The van der Waals surface area contributed by atoms with Gasteiger partial charge in [-0.15, -0.1) is 0 Å². The second kappa shape index (κ2) is 19.4. The van der Waals surface area contributed by atoms with Gasteiger partial charge in [-0.3, -0.25) is 24.1 Å². The Bertz CT molecular complexity index is 1360. The van der Waals surface area contributed by atoms with Gasteiger partial charge in [0, 0.05) is 37.4 Å². The van der Waals surface area contributed by atoms with Crippen LogP contribution in [-0.2, 0) is 35.3 Å². The molecule has 1 aliphatic heterocycles. The number of anilines is 1. The lowest BCUT2D eigenvalue weighted by Gasteiger charge is -2.25. The number of halogens is 1. The quantitative estimate of drug-likeness (QED) is 0.124. The zero-order chi connectivity index (χ0) is 38.5. The summed E-state index contributed by atoms with van der Waals surface area (Å²) in [6.45, 7) is 14.7. The van der Waals surface area contributed by atoms with Crippen molar-refractivity contribution in [1.29, 1.82) is 0 Å². The highest BCUT2D eigenvalue weighted by molar-refractivity contribution is 5.97. The molecule has 5 amide bonds. The van der Waals surface area contributed by atoms with Gasteiger partial charge in [-0.25, -0.2) is 14.0 Å². The number of ether oxygens (including phenoxy) is 2. The number of primary amides is 1. The molecule has 0 radical (unpaired) electrons. The molecule has 0 saturated carbocycles. The van der Waals surface area contributed by atoms with E-state index < -0.39 is 53.6 Å². The van der Waals surface area contributed by atoms with Crippen LogP contribution in [0.2, 0.25) is 0 Å². The fourth-order valence-electron chi connectivity index (χ4n) is 5.39. The molecule has 4 atom stereocenters. The Labute approximate surface area is 301 Å². The Morgan fingerprint density at radius 2 is 1.65 bits per heavy atom. The topological polar surface area (TPSA) is 186 Å². The van der Waals surface area contributed by atoms with Gasteiger partial charge in [-0.05, 0) is 69.1 Å². The van der Waals surface area contributed by atoms with Crippen molar-refractivity contribution in [3.63, 3.8) is 0 Å². The van der Waals surface area contributed by atoms with Crippen molar-refractivity contribution in [3.8, 4) is 0 Å². The summed E-state index contributed by atoms with van der Waals surface area (Å²) in [6, 6.07) is 4.49. The summed E-state index contributed by atoms with van der Waals surface area (Å²) in [5.41, 5.74) is 5.45. The predicted octanol–water partition coefficient (Wildman–Crippen LogP) is 5.25. The number of carbonyl (C=O) groups is 6. The molecule has 0 unspecified atom stereocenters. The second-order valence-electron chi connectivity index (χ2n) is 15.9. The number of rotatable bonds is 17. The van der Waals surface area contributed by atoms with Gasteiger partial charge >= 0.3 is 18.1 Å². The molecule has 2 rings (SSSR count). The largest absolute Gasteiger partial charge is 0.463 e. The van der Waals surface area contributed by atoms with E-state index in [9.17, 15) is 33.2 Å². The number of hydrogen-bond donors (Lipinski definition) is 4. The van der Waals surface area contributed by atoms with Gasteiger partial charge in [0.05, 0.1) is 24.0 Å². The van der Waals surface area contributed by atoms with E-state index in [1.807, 2.05) is 34.6 Å². The fourth-order valence-corrected chi connectivity index (χ4v) is 5.39. The first kappa shape index (κ1) is 42.9. The van der Waals surface area contributed by atoms with Crippen molar-refractivity contribution >= 4 is 41.4 Å². The van der Waals surface area contributed by atoms with Gasteiger partial charge in [0.25, 0.3) is 0 Å². The summed E-state index contributed by atoms with van der Waals surface area (Å²) in [5, 5.41) is 8.18. The number of amides is 5. The predicted molar refractivity (Wildman–Crippen MR) is 191 cm³/mol. The Balaban J connectivity index is 2.03. The van der Waals surface area contributed by atoms with Gasteiger partial charge < -0.3 is 31.2 Å². The third kappa shape index (κ3) is 15.7. The Hall–Kier alpha value is -4.23. The van der Waals surface area contributed by atoms with Crippen molar-refractivity contribution in [1.82, 2.24) is 15.5 Å². The van der Waals surface area contributed by atoms with E-state index in [-0.39, 0.29) is 75.0 Å². The number of ketones is 1. The molecule has 0 aliphatic carbocycles. The number of nitrogens with two attached hydrogens (primary N) is 1. The van der Waals surface area contributed by atoms with Gasteiger partial charge in [-0.2, -0.15) is 0 Å². The molecule has 1 saturated heterocycles. The van der Waals surface area contributed by atoms with Crippen molar-refractivity contribution < 1.29 is 42.6 Å². The van der Waals surface area contributed by atoms with Crippen molar-refractivity contribution in [3.05, 3.63) is 29.8 Å². The Morgan fingerprint density at radius 3 is 2.22 bits per heavy atom. The third-order valence-electron chi connectivity index (χ3n) is 8.48. The van der Waals surface area contributed by atoms with Gasteiger partial charge in [-0.1, -0.05) is 46.8 Å². The van der Waals surface area contributed by atoms with E-state index in [0.717, 1.165) is 0 Å². The molecule has 14 heteroatoms. The lowest BCUT2D eigenvalue weighted by atomic mass is 9.88. The van der Waals surface area contributed by atoms with Crippen LogP contribution in [0.4, 0.5) is 19.7 Å². The zero-order valence-corrected chi connectivity index (χ0v) is 31.4. The molecule has 5 N–H and O–H groups in total. The molecule has 0 bridgehead atoms. The van der Waals surface area contributed by atoms with Crippen molar-refractivity contribution in [2.24, 2.45) is 28.4 Å². The second-order valence-corrected chi connectivity index (χ2v) is 15.9. The molecule has 286 valence electrons. The van der Waals surface area contributed by atoms with E-state index in [1.54, 1.807) is 45.0 Å². The van der Waals surface area contributed by atoms with Crippen molar-refractivity contribution in [2.75, 3.05) is 25.0 Å². The number of alkyl halides is 1. The highest BCUT2D eigenvalue weighted by Crippen LogP contribution is 2.25. The van der Waals surface area contributed by atoms with Gasteiger partial charge in [0.1, 0.15) is 19.4 Å². The van der Waals surface area contributed by atoms with Gasteiger partial charge in [0.15, 0.2) is 5.78 Å². The minimum absolute atomic E-state index is 0.0396. The molecule has 1 aromatic carbocycles. The molecule has 1 fully saturated rings. The van der Waals surface area contributed by atoms with Crippen LogP contribution < -0.4 is 21.7 Å². The van der Waals surface area contributed by atoms with Crippen molar-refractivity contribution in [2.45, 2.75) is 119 Å². The normalized spacial score (nSPS) is 17.3. The highest BCUT2D eigenvalue weighted by atomic mass is 19.1. The number of hydrogen-bond acceptors (Lipinski definition) is 8. The van der Waals surface area contributed by atoms with E-state index in [4.69, 9.17) is 15.2 Å². The molecule has 0 aromatic heterocycles. The number of benzene rings is 1. The summed E-state index contributed by atoms with van der Waals surface area (Å²) in [5.74, 6) is -2.28. The first-order valence-corrected chi connectivity index (χ1v) is 17.7. The van der Waals surface area contributed by atoms with E-state index in [2.05, 4.69) is 16.0 Å². The molecule has 1 heterocycles. The van der Waals surface area contributed by atoms with Crippen LogP contribution in [0.25, 0.3) is 0 Å². The maximum atomic E-state index is 14.2. The fraction of sp³-hybridized carbons (Fsp3) is 0.676. The smallest absolute Gasteiger partial charge is 0.410 e. The summed E-state index contributed by atoms with van der Waals surface area (Å²) in [6.07, 6.45) is -0.455. The number of likely N-dealkylation sites (tertiary alicyclic amines) is 1. The Kier molecular flexibility index (Phi) is 16.3. The van der Waals surface area contributed by atoms with Crippen LogP contribution in [0.1, 0.15) is 99.5 Å². The maximum absolute atomic E-state index is 14.2. The number of urea groups is 1. The summed E-state index contributed by atoms with van der Waals surface area (Å²) < 4.78 is 24.9. The average Bonchev–Trinajstić information content (AvgIpc) is 3.41. The molecule has 1 aromatic rings. The lowest BCUT2D eigenvalue weighted by Crippen LogP contribution is -2.45. The number of esters is 1. The first-order valence-electron chi connectivity index (χ1n) is 17.7. The molecular weight excluding hydrogens is 661 g/mol. The molecular formula is C37H58FN5O8. The minimum atomic E-state index is -1.26. The lowest BCUT2D eigenvalue weighted by molar-refractivity contribution is -0.154. The zero-order valence-electron chi connectivity index (χ0n) is 31.4. The summed E-state index contributed by atoms with van der Waals surface area (Å²) in [4.78, 5) is 76.9. The summed E-state index contributed by atoms with van der Waals surface area (Å²) in [7, 11) is 0. The summed E-state index contributed by atoms with van der Waals surface area (Å²) >= 11 is 0. The highest BCUT2D eigenvalue weighted by Gasteiger charge is 2.38. The molecule has 1 aliphatic rings. The van der Waals surface area contributed by atoms with Crippen LogP contribution in [0.5, 0.6) is 0 Å². The molecule has 0 spiro atoms. The van der Waals surface area contributed by atoms with E-state index in [0.29, 0.717) is 24.1 Å². The maximum Gasteiger partial charge on any atom is 0.410 e. The van der Waals surface area contributed by atoms with E-state index >= 15 is 0 Å². The SMILES string of the molecule is CC(C)[C@H](NC(=O)CCC(C)(C)C)C(=O)C[C@@H](CCCNC(N)=O)C(=O)Nc1ccc(COC(=O)N2C[C@@H](F)C[C@H]2COC(=O)C(C)(C)C)cc1. The molecule has 13 nitrogen and oxygen atoms in total. The Morgan fingerprint density at radius 1 is 1.00 bits per heavy atom. The van der Waals surface area contributed by atoms with Crippen LogP contribution in [-0.4, -0.2) is 78.5 Å². The number of Topliss-reactive ketones (excluding diaryl/α,β-unsaturated/α-hetero) is 1. The average molecular weight is 720 g/mol. The standard InChI is InChI=1S/C37H58FN5O8/c1-23(2)31(42-30(45)15-16-36(3,4)5)29(44)18-25(10-9-17-40-34(39)48)32(46)41-27-13-11-24(12-14-27)21-51-35(49)43-20-26(38)19-28(43)22-50-33(47)37(6,7)8/h11-14,23,25-26,28,31H,9-10,15-22H2,1-8H3,(H,41,46)(H,42,45)(H3,39,40,48)/t25-,26+,28+,31+/m1/s1. The van der Waals surface area contributed by atoms with Gasteiger partial charge in [0.2, 0.25) is 11.8 Å².